The molecule has 2 fully saturated rings. The molecule has 1 amide bonds. The lowest BCUT2D eigenvalue weighted by atomic mass is 10.2. The van der Waals surface area contributed by atoms with Gasteiger partial charge >= 0.3 is 0 Å². The molecular formula is C12H17N5O2. The van der Waals surface area contributed by atoms with E-state index in [9.17, 15) is 4.79 Å². The Kier molecular flexibility index (Phi) is 3.20. The Hall–Kier alpha value is -1.89. The van der Waals surface area contributed by atoms with E-state index in [1.54, 1.807) is 12.4 Å². The maximum Gasteiger partial charge on any atom is 0.245 e. The summed E-state index contributed by atoms with van der Waals surface area (Å²) in [4.78, 5) is 22.4. The average Bonchev–Trinajstić information content (AvgIpc) is 3.23. The van der Waals surface area contributed by atoms with Crippen LogP contribution in [0, 0.1) is 0 Å². The number of nitrogens with one attached hydrogen (secondary N) is 1. The van der Waals surface area contributed by atoms with Crippen LogP contribution >= 0.6 is 0 Å². The van der Waals surface area contributed by atoms with E-state index in [-0.39, 0.29) is 11.9 Å². The van der Waals surface area contributed by atoms with Crippen LogP contribution in [0.1, 0.15) is 12.8 Å². The van der Waals surface area contributed by atoms with E-state index in [2.05, 4.69) is 15.3 Å². The zero-order valence-electron chi connectivity index (χ0n) is 10.6. The first-order valence-electron chi connectivity index (χ1n) is 6.46. The number of hydrogen-bond acceptors (Lipinski definition) is 6. The summed E-state index contributed by atoms with van der Waals surface area (Å²) in [7, 11) is 0. The van der Waals surface area contributed by atoms with Gasteiger partial charge in [-0.05, 0) is 12.8 Å². The van der Waals surface area contributed by atoms with Crippen LogP contribution in [0.2, 0.25) is 0 Å². The number of nitrogen functional groups attached to an aromatic ring is 1. The molecule has 1 aliphatic heterocycles. The van der Waals surface area contributed by atoms with E-state index in [0.717, 1.165) is 12.8 Å². The second-order valence-corrected chi connectivity index (χ2v) is 4.88. The number of carbonyl (C=O) groups is 1. The van der Waals surface area contributed by atoms with Crippen LogP contribution in [-0.2, 0) is 9.53 Å². The highest BCUT2D eigenvalue weighted by molar-refractivity contribution is 5.85. The zero-order valence-corrected chi connectivity index (χ0v) is 10.6. The van der Waals surface area contributed by atoms with E-state index >= 15 is 0 Å². The molecule has 0 bridgehead atoms. The van der Waals surface area contributed by atoms with Gasteiger partial charge in [0.2, 0.25) is 11.9 Å². The Morgan fingerprint density at radius 1 is 1.42 bits per heavy atom. The summed E-state index contributed by atoms with van der Waals surface area (Å²) in [5, 5.41) is 2.99. The van der Waals surface area contributed by atoms with Gasteiger partial charge in [0.05, 0.1) is 31.3 Å². The Balaban J connectivity index is 1.75. The normalized spacial score (nSPS) is 23.2. The van der Waals surface area contributed by atoms with Crippen molar-refractivity contribution in [3.63, 3.8) is 0 Å². The van der Waals surface area contributed by atoms with Crippen LogP contribution in [0.25, 0.3) is 0 Å². The predicted octanol–water partition coefficient (Wildman–Crippen LogP) is -0.457. The highest BCUT2D eigenvalue weighted by atomic mass is 16.5. The zero-order chi connectivity index (χ0) is 13.2. The number of carbonyl (C=O) groups excluding carboxylic acids is 1. The third kappa shape index (κ3) is 2.76. The van der Waals surface area contributed by atoms with Gasteiger partial charge in [-0.15, -0.1) is 0 Å². The van der Waals surface area contributed by atoms with Crippen LogP contribution in [0.4, 0.5) is 11.6 Å². The van der Waals surface area contributed by atoms with Crippen LogP contribution in [-0.4, -0.2) is 47.7 Å². The molecule has 7 heteroatoms. The molecule has 2 heterocycles. The van der Waals surface area contributed by atoms with Gasteiger partial charge in [0, 0.05) is 12.6 Å². The minimum absolute atomic E-state index is 0.0115. The Bertz CT molecular complexity index is 460. The molecule has 19 heavy (non-hydrogen) atoms. The van der Waals surface area contributed by atoms with Gasteiger partial charge < -0.3 is 20.7 Å². The number of ether oxygens (including phenoxy) is 1. The molecule has 0 spiro atoms. The highest BCUT2D eigenvalue weighted by Gasteiger charge is 2.34. The molecule has 3 N–H and O–H groups in total. The minimum atomic E-state index is -0.363. The van der Waals surface area contributed by atoms with Crippen LogP contribution in [0.15, 0.2) is 12.4 Å². The first-order valence-corrected chi connectivity index (χ1v) is 6.46. The van der Waals surface area contributed by atoms with Crippen molar-refractivity contribution in [2.45, 2.75) is 24.9 Å². The van der Waals surface area contributed by atoms with Crippen molar-refractivity contribution in [3.05, 3.63) is 12.4 Å². The number of nitrogens with zero attached hydrogens (tertiary/aromatic N) is 3. The summed E-state index contributed by atoms with van der Waals surface area (Å²) in [5.74, 6) is 0.510. The van der Waals surface area contributed by atoms with Crippen molar-refractivity contribution in [2.24, 2.45) is 0 Å². The second kappa shape index (κ2) is 5.00. The number of hydrogen-bond donors (Lipinski definition) is 2. The van der Waals surface area contributed by atoms with Crippen LogP contribution in [0.5, 0.6) is 0 Å². The van der Waals surface area contributed by atoms with E-state index in [0.29, 0.717) is 37.4 Å². The van der Waals surface area contributed by atoms with Crippen LogP contribution in [0.3, 0.4) is 0 Å². The smallest absolute Gasteiger partial charge is 0.245 e. The van der Waals surface area contributed by atoms with Gasteiger partial charge in [-0.3, -0.25) is 4.79 Å². The first kappa shape index (κ1) is 12.2. The molecule has 0 aromatic carbocycles. The van der Waals surface area contributed by atoms with E-state index in [1.807, 2.05) is 4.90 Å². The maximum atomic E-state index is 12.2. The summed E-state index contributed by atoms with van der Waals surface area (Å²) in [6.07, 6.45) is 5.23. The predicted molar refractivity (Wildman–Crippen MR) is 69.6 cm³/mol. The third-order valence-corrected chi connectivity index (χ3v) is 3.27. The molecule has 1 atom stereocenters. The summed E-state index contributed by atoms with van der Waals surface area (Å²) >= 11 is 0. The van der Waals surface area contributed by atoms with Gasteiger partial charge in [-0.2, -0.15) is 0 Å². The molecule has 1 saturated heterocycles. The van der Waals surface area contributed by atoms with Crippen molar-refractivity contribution in [1.29, 1.82) is 0 Å². The van der Waals surface area contributed by atoms with Gasteiger partial charge in [0.15, 0.2) is 0 Å². The van der Waals surface area contributed by atoms with Crippen molar-refractivity contribution in [2.75, 3.05) is 30.4 Å². The average molecular weight is 263 g/mol. The van der Waals surface area contributed by atoms with Gasteiger partial charge in [0.25, 0.3) is 0 Å². The topological polar surface area (TPSA) is 93.4 Å². The molecule has 2 aliphatic rings. The fraction of sp³-hybridized carbons (Fsp3) is 0.583. The summed E-state index contributed by atoms with van der Waals surface area (Å²) in [5.41, 5.74) is 6.09. The summed E-state index contributed by atoms with van der Waals surface area (Å²) < 4.78 is 5.40. The fourth-order valence-corrected chi connectivity index (χ4v) is 2.06. The van der Waals surface area contributed by atoms with Gasteiger partial charge in [-0.1, -0.05) is 0 Å². The molecule has 1 aliphatic carbocycles. The van der Waals surface area contributed by atoms with Gasteiger partial charge in [0.1, 0.15) is 6.04 Å². The lowest BCUT2D eigenvalue weighted by molar-refractivity contribution is -0.124. The molecule has 1 unspecified atom stereocenters. The lowest BCUT2D eigenvalue weighted by Gasteiger charge is -2.34. The Morgan fingerprint density at radius 2 is 2.16 bits per heavy atom. The molecular weight excluding hydrogens is 246 g/mol. The van der Waals surface area contributed by atoms with E-state index in [4.69, 9.17) is 10.5 Å². The molecule has 0 radical (unpaired) electrons. The van der Waals surface area contributed by atoms with Crippen molar-refractivity contribution < 1.29 is 9.53 Å². The fourth-order valence-electron chi connectivity index (χ4n) is 2.06. The monoisotopic (exact) mass is 263 g/mol. The van der Waals surface area contributed by atoms with Gasteiger partial charge in [-0.25, -0.2) is 9.97 Å². The van der Waals surface area contributed by atoms with Crippen molar-refractivity contribution >= 4 is 17.5 Å². The second-order valence-electron chi connectivity index (χ2n) is 4.88. The number of rotatable bonds is 3. The first-order chi connectivity index (χ1) is 9.24. The molecule has 1 aromatic heterocycles. The number of morpholine rings is 1. The lowest BCUT2D eigenvalue weighted by Crippen LogP contribution is -2.55. The largest absolute Gasteiger partial charge is 0.396 e. The minimum Gasteiger partial charge on any atom is -0.396 e. The van der Waals surface area contributed by atoms with Crippen molar-refractivity contribution in [3.8, 4) is 0 Å². The van der Waals surface area contributed by atoms with E-state index in [1.165, 1.54) is 0 Å². The Morgan fingerprint density at radius 3 is 2.84 bits per heavy atom. The number of amides is 1. The highest BCUT2D eigenvalue weighted by Crippen LogP contribution is 2.21. The number of anilines is 2. The molecule has 102 valence electrons. The molecule has 1 aromatic rings. The molecule has 3 rings (SSSR count). The SMILES string of the molecule is Nc1cnc(N2CCOCC2C(=O)NC2CC2)nc1. The Labute approximate surface area is 111 Å². The maximum absolute atomic E-state index is 12.2. The number of nitrogens with two attached hydrogens (primary N) is 1. The van der Waals surface area contributed by atoms with E-state index < -0.39 is 0 Å². The van der Waals surface area contributed by atoms with Crippen LogP contribution < -0.4 is 16.0 Å². The standard InChI is InChI=1S/C12H17N5O2/c13-8-5-14-12(15-6-8)17-3-4-19-7-10(17)11(18)16-9-1-2-9/h5-6,9-10H,1-4,7,13H2,(H,16,18). The third-order valence-electron chi connectivity index (χ3n) is 3.27. The summed E-state index contributed by atoms with van der Waals surface area (Å²) in [6, 6.07) is -0.0263. The molecule has 7 nitrogen and oxygen atoms in total. The number of aromatic nitrogens is 2. The summed E-state index contributed by atoms with van der Waals surface area (Å²) in [6.45, 7) is 1.54. The quantitative estimate of drug-likeness (QED) is 0.766. The molecule has 1 saturated carbocycles. The van der Waals surface area contributed by atoms with Crippen molar-refractivity contribution in [1.82, 2.24) is 15.3 Å².